The number of carbonyl (C=O) groups is 1. The minimum absolute atomic E-state index is 0.181. The standard InChI is InChI=1S/C21H40O7/c1-2-3-7-10-17(23)13-14-20(26)19(25)11-8-5-4-6-9-12-21(27)28-16-18(24)15-22/h13-14,17-20,22-26H,2-12,15-16H2,1H3/b14-13+. The lowest BCUT2D eigenvalue weighted by atomic mass is 10.0. The van der Waals surface area contributed by atoms with Gasteiger partial charge in [0.15, 0.2) is 0 Å². The fourth-order valence-electron chi connectivity index (χ4n) is 2.71. The van der Waals surface area contributed by atoms with Crippen molar-refractivity contribution in [3.05, 3.63) is 12.2 Å². The van der Waals surface area contributed by atoms with E-state index in [9.17, 15) is 20.1 Å². The van der Waals surface area contributed by atoms with Gasteiger partial charge in [-0.2, -0.15) is 0 Å². The number of aliphatic hydroxyl groups is 5. The summed E-state index contributed by atoms with van der Waals surface area (Å²) in [6, 6.07) is 0. The van der Waals surface area contributed by atoms with Crippen LogP contribution in [-0.2, 0) is 9.53 Å². The smallest absolute Gasteiger partial charge is 0.305 e. The second kappa shape index (κ2) is 18.1. The van der Waals surface area contributed by atoms with E-state index >= 15 is 0 Å². The van der Waals surface area contributed by atoms with Gasteiger partial charge < -0.3 is 30.3 Å². The van der Waals surface area contributed by atoms with E-state index < -0.39 is 31.0 Å². The highest BCUT2D eigenvalue weighted by atomic mass is 16.5. The highest BCUT2D eigenvalue weighted by Crippen LogP contribution is 2.12. The predicted molar refractivity (Wildman–Crippen MR) is 108 cm³/mol. The van der Waals surface area contributed by atoms with Crippen LogP contribution in [0.1, 0.15) is 77.6 Å². The zero-order chi connectivity index (χ0) is 21.2. The molecule has 28 heavy (non-hydrogen) atoms. The van der Waals surface area contributed by atoms with Gasteiger partial charge in [-0.1, -0.05) is 64.0 Å². The minimum Gasteiger partial charge on any atom is -0.463 e. The van der Waals surface area contributed by atoms with E-state index in [2.05, 4.69) is 6.92 Å². The van der Waals surface area contributed by atoms with Gasteiger partial charge in [-0.15, -0.1) is 0 Å². The minimum atomic E-state index is -1.02. The lowest BCUT2D eigenvalue weighted by molar-refractivity contribution is -0.147. The van der Waals surface area contributed by atoms with Crippen LogP contribution in [0.4, 0.5) is 0 Å². The first kappa shape index (κ1) is 27.0. The van der Waals surface area contributed by atoms with Crippen molar-refractivity contribution < 1.29 is 35.1 Å². The maximum absolute atomic E-state index is 11.4. The normalized spacial score (nSPS) is 16.1. The summed E-state index contributed by atoms with van der Waals surface area (Å²) in [5.41, 5.74) is 0. The van der Waals surface area contributed by atoms with Crippen molar-refractivity contribution in [1.29, 1.82) is 0 Å². The highest BCUT2D eigenvalue weighted by molar-refractivity contribution is 5.69. The van der Waals surface area contributed by atoms with E-state index in [4.69, 9.17) is 14.9 Å². The zero-order valence-electron chi connectivity index (χ0n) is 17.2. The summed E-state index contributed by atoms with van der Waals surface area (Å²) in [5, 5.41) is 47.4. The average Bonchev–Trinajstić information content (AvgIpc) is 2.69. The van der Waals surface area contributed by atoms with Crippen LogP contribution in [0.3, 0.4) is 0 Å². The van der Waals surface area contributed by atoms with Crippen LogP contribution in [-0.4, -0.2) is 69.1 Å². The van der Waals surface area contributed by atoms with Gasteiger partial charge in [0.05, 0.1) is 24.9 Å². The maximum Gasteiger partial charge on any atom is 0.305 e. The third-order valence-corrected chi connectivity index (χ3v) is 4.56. The fraction of sp³-hybridized carbons (Fsp3) is 0.857. The van der Waals surface area contributed by atoms with Gasteiger partial charge in [0.1, 0.15) is 12.7 Å². The highest BCUT2D eigenvalue weighted by Gasteiger charge is 2.13. The number of esters is 1. The Morgan fingerprint density at radius 3 is 2.21 bits per heavy atom. The Balaban J connectivity index is 3.67. The Bertz CT molecular complexity index is 400. The third kappa shape index (κ3) is 16.0. The molecule has 0 aliphatic rings. The van der Waals surface area contributed by atoms with Gasteiger partial charge >= 0.3 is 5.97 Å². The van der Waals surface area contributed by atoms with Crippen LogP contribution in [0.5, 0.6) is 0 Å². The molecular weight excluding hydrogens is 364 g/mol. The molecule has 0 saturated carbocycles. The summed E-state index contributed by atoms with van der Waals surface area (Å²) >= 11 is 0. The largest absolute Gasteiger partial charge is 0.463 e. The van der Waals surface area contributed by atoms with Crippen LogP contribution in [0.25, 0.3) is 0 Å². The van der Waals surface area contributed by atoms with Gasteiger partial charge in [-0.05, 0) is 19.3 Å². The molecule has 0 amide bonds. The first-order valence-corrected chi connectivity index (χ1v) is 10.6. The molecule has 0 aliphatic heterocycles. The van der Waals surface area contributed by atoms with E-state index in [-0.39, 0.29) is 19.0 Å². The van der Waals surface area contributed by atoms with Gasteiger partial charge in [0.2, 0.25) is 0 Å². The Kier molecular flexibility index (Phi) is 17.4. The third-order valence-electron chi connectivity index (χ3n) is 4.56. The van der Waals surface area contributed by atoms with Gasteiger partial charge in [-0.3, -0.25) is 4.79 Å². The van der Waals surface area contributed by atoms with Crippen molar-refractivity contribution in [2.45, 2.75) is 102 Å². The molecule has 166 valence electrons. The van der Waals surface area contributed by atoms with E-state index in [1.54, 1.807) is 6.08 Å². The van der Waals surface area contributed by atoms with Crippen molar-refractivity contribution >= 4 is 5.97 Å². The molecular formula is C21H40O7. The van der Waals surface area contributed by atoms with Crippen molar-refractivity contribution in [1.82, 2.24) is 0 Å². The quantitative estimate of drug-likeness (QED) is 0.134. The number of carbonyl (C=O) groups excluding carboxylic acids is 1. The molecule has 0 fully saturated rings. The summed E-state index contributed by atoms with van der Waals surface area (Å²) in [4.78, 5) is 11.4. The van der Waals surface area contributed by atoms with Gasteiger partial charge in [0, 0.05) is 6.42 Å². The van der Waals surface area contributed by atoms with Crippen LogP contribution < -0.4 is 0 Å². The van der Waals surface area contributed by atoms with E-state index in [1.165, 1.54) is 6.08 Å². The Morgan fingerprint density at radius 2 is 1.54 bits per heavy atom. The number of hydrogen-bond donors (Lipinski definition) is 5. The molecule has 4 unspecified atom stereocenters. The van der Waals surface area contributed by atoms with E-state index in [1.807, 2.05) is 0 Å². The SMILES string of the molecule is CCCCCC(O)/C=C/C(O)C(O)CCCCCCCC(=O)OCC(O)CO. The monoisotopic (exact) mass is 404 g/mol. The molecule has 7 heteroatoms. The average molecular weight is 405 g/mol. The lowest BCUT2D eigenvalue weighted by Gasteiger charge is -2.15. The summed E-state index contributed by atoms with van der Waals surface area (Å²) < 4.78 is 4.81. The van der Waals surface area contributed by atoms with Crippen LogP contribution >= 0.6 is 0 Å². The van der Waals surface area contributed by atoms with E-state index in [0.29, 0.717) is 19.3 Å². The zero-order valence-corrected chi connectivity index (χ0v) is 17.2. The molecule has 0 aromatic rings. The maximum atomic E-state index is 11.4. The molecule has 0 aromatic carbocycles. The number of aliphatic hydroxyl groups excluding tert-OH is 5. The number of rotatable bonds is 18. The Labute approximate surface area is 169 Å². The molecule has 7 nitrogen and oxygen atoms in total. The molecule has 0 spiro atoms. The first-order chi connectivity index (χ1) is 13.4. The molecule has 0 radical (unpaired) electrons. The molecule has 5 N–H and O–H groups in total. The van der Waals surface area contributed by atoms with Crippen LogP contribution in [0.15, 0.2) is 12.2 Å². The molecule has 0 aliphatic carbocycles. The first-order valence-electron chi connectivity index (χ1n) is 10.6. The van der Waals surface area contributed by atoms with Gasteiger partial charge in [-0.25, -0.2) is 0 Å². The summed E-state index contributed by atoms with van der Waals surface area (Å²) in [6.07, 6.45) is 8.32. The van der Waals surface area contributed by atoms with E-state index in [0.717, 1.165) is 44.9 Å². The van der Waals surface area contributed by atoms with Crippen LogP contribution in [0.2, 0.25) is 0 Å². The summed E-state index contributed by atoms with van der Waals surface area (Å²) in [5.74, 6) is -0.380. The number of hydrogen-bond acceptors (Lipinski definition) is 7. The predicted octanol–water partition coefficient (Wildman–Crippen LogP) is 1.83. The molecule has 0 rings (SSSR count). The Morgan fingerprint density at radius 1 is 0.893 bits per heavy atom. The topological polar surface area (TPSA) is 127 Å². The lowest BCUT2D eigenvalue weighted by Crippen LogP contribution is -2.24. The van der Waals surface area contributed by atoms with Crippen molar-refractivity contribution in [2.75, 3.05) is 13.2 Å². The molecule has 4 atom stereocenters. The molecule has 0 heterocycles. The molecule has 0 saturated heterocycles. The fourth-order valence-corrected chi connectivity index (χ4v) is 2.71. The second-order valence-corrected chi connectivity index (χ2v) is 7.33. The second-order valence-electron chi connectivity index (χ2n) is 7.33. The van der Waals surface area contributed by atoms with Crippen molar-refractivity contribution in [3.63, 3.8) is 0 Å². The number of ether oxygens (including phenoxy) is 1. The Hall–Kier alpha value is -0.990. The molecule has 0 aromatic heterocycles. The van der Waals surface area contributed by atoms with Crippen molar-refractivity contribution in [3.8, 4) is 0 Å². The number of unbranched alkanes of at least 4 members (excludes halogenated alkanes) is 6. The van der Waals surface area contributed by atoms with Crippen molar-refractivity contribution in [2.24, 2.45) is 0 Å². The summed E-state index contributed by atoms with van der Waals surface area (Å²) in [7, 11) is 0. The molecule has 0 bridgehead atoms. The van der Waals surface area contributed by atoms with Crippen LogP contribution in [0, 0.1) is 0 Å². The summed E-state index contributed by atoms with van der Waals surface area (Å²) in [6.45, 7) is 1.49. The van der Waals surface area contributed by atoms with Gasteiger partial charge in [0.25, 0.3) is 0 Å².